The van der Waals surface area contributed by atoms with Gasteiger partial charge in [-0.25, -0.2) is 0 Å². The average molecular weight is 425 g/mol. The highest BCUT2D eigenvalue weighted by atomic mass is 16.5. The van der Waals surface area contributed by atoms with E-state index in [1.807, 2.05) is 24.3 Å². The van der Waals surface area contributed by atoms with Gasteiger partial charge in [-0.3, -0.25) is 4.79 Å². The third kappa shape index (κ3) is 3.86. The molecule has 2 aromatic carbocycles. The van der Waals surface area contributed by atoms with Gasteiger partial charge in [0.2, 0.25) is 11.7 Å². The van der Waals surface area contributed by atoms with Crippen molar-refractivity contribution < 1.29 is 28.3 Å². The highest BCUT2D eigenvalue weighted by Crippen LogP contribution is 2.41. The van der Waals surface area contributed by atoms with Crippen molar-refractivity contribution in [1.82, 2.24) is 10.1 Å². The third-order valence-electron chi connectivity index (χ3n) is 5.23. The van der Waals surface area contributed by atoms with E-state index in [1.165, 1.54) is 21.3 Å². The highest BCUT2D eigenvalue weighted by molar-refractivity contribution is 5.96. The number of hydrogen-bond donors (Lipinski definition) is 0. The number of methoxy groups -OCH3 is 4. The van der Waals surface area contributed by atoms with Crippen LogP contribution < -0.4 is 23.8 Å². The molecule has 162 valence electrons. The monoisotopic (exact) mass is 425 g/mol. The van der Waals surface area contributed by atoms with Crippen molar-refractivity contribution >= 4 is 11.6 Å². The molecule has 1 amide bonds. The van der Waals surface area contributed by atoms with Gasteiger partial charge in [0.1, 0.15) is 5.75 Å². The minimum absolute atomic E-state index is 0.00861. The standard InChI is InChI=1S/C22H23N3O6/c1-27-16-7-5-15(6-8-16)25-12-14(11-19(25)26)21-23-22(31-24-21)13-9-17(28-2)20(30-4)18(10-13)29-3/h5-10,14H,11-12H2,1-4H3/t14-/m0/s1. The first-order valence-corrected chi connectivity index (χ1v) is 9.66. The van der Waals surface area contributed by atoms with E-state index >= 15 is 0 Å². The second-order valence-electron chi connectivity index (χ2n) is 6.98. The van der Waals surface area contributed by atoms with E-state index in [0.717, 1.165) is 11.4 Å². The van der Waals surface area contributed by atoms with Gasteiger partial charge in [-0.2, -0.15) is 4.98 Å². The van der Waals surface area contributed by atoms with Gasteiger partial charge in [-0.15, -0.1) is 0 Å². The topological polar surface area (TPSA) is 96.2 Å². The van der Waals surface area contributed by atoms with E-state index in [9.17, 15) is 4.79 Å². The summed E-state index contributed by atoms with van der Waals surface area (Å²) in [6.07, 6.45) is 0.306. The van der Waals surface area contributed by atoms with Crippen molar-refractivity contribution in [3.63, 3.8) is 0 Å². The summed E-state index contributed by atoms with van der Waals surface area (Å²) in [5, 5.41) is 4.12. The summed E-state index contributed by atoms with van der Waals surface area (Å²) in [4.78, 5) is 18.8. The number of ether oxygens (including phenoxy) is 4. The molecular formula is C22H23N3O6. The van der Waals surface area contributed by atoms with Crippen LogP contribution in [0.4, 0.5) is 5.69 Å². The van der Waals surface area contributed by atoms with Gasteiger partial charge in [-0.05, 0) is 36.4 Å². The Morgan fingerprint density at radius 1 is 0.968 bits per heavy atom. The predicted molar refractivity (Wildman–Crippen MR) is 112 cm³/mol. The Bertz CT molecular complexity index is 1050. The maximum atomic E-state index is 12.6. The van der Waals surface area contributed by atoms with Gasteiger partial charge < -0.3 is 28.4 Å². The molecule has 3 aromatic rings. The molecule has 0 bridgehead atoms. The summed E-state index contributed by atoms with van der Waals surface area (Å²) in [6, 6.07) is 10.8. The Morgan fingerprint density at radius 2 is 1.65 bits per heavy atom. The summed E-state index contributed by atoms with van der Waals surface area (Å²) in [5.41, 5.74) is 1.44. The molecule has 0 N–H and O–H groups in total. The Kier molecular flexibility index (Phi) is 5.66. The van der Waals surface area contributed by atoms with Crippen molar-refractivity contribution in [2.45, 2.75) is 12.3 Å². The van der Waals surface area contributed by atoms with Crippen LogP contribution in [-0.2, 0) is 4.79 Å². The number of hydrogen-bond acceptors (Lipinski definition) is 8. The first-order valence-electron chi connectivity index (χ1n) is 9.66. The Hall–Kier alpha value is -3.75. The van der Waals surface area contributed by atoms with Crippen molar-refractivity contribution in [2.75, 3.05) is 39.9 Å². The van der Waals surface area contributed by atoms with Crippen molar-refractivity contribution in [1.29, 1.82) is 0 Å². The summed E-state index contributed by atoms with van der Waals surface area (Å²) in [5.74, 6) is 2.81. The van der Waals surface area contributed by atoms with Gasteiger partial charge in [0.15, 0.2) is 17.3 Å². The molecule has 1 aromatic heterocycles. The van der Waals surface area contributed by atoms with Crippen LogP contribution in [0.3, 0.4) is 0 Å². The molecule has 4 rings (SSSR count). The highest BCUT2D eigenvalue weighted by Gasteiger charge is 2.34. The molecule has 31 heavy (non-hydrogen) atoms. The molecule has 9 heteroatoms. The van der Waals surface area contributed by atoms with Gasteiger partial charge in [-0.1, -0.05) is 5.16 Å². The average Bonchev–Trinajstić information content (AvgIpc) is 3.45. The van der Waals surface area contributed by atoms with Crippen LogP contribution in [0.25, 0.3) is 11.5 Å². The summed E-state index contributed by atoms with van der Waals surface area (Å²) in [7, 11) is 6.22. The fourth-order valence-electron chi connectivity index (χ4n) is 3.61. The number of aromatic nitrogens is 2. The summed E-state index contributed by atoms with van der Waals surface area (Å²) in [6.45, 7) is 0.472. The minimum Gasteiger partial charge on any atom is -0.497 e. The lowest BCUT2D eigenvalue weighted by Crippen LogP contribution is -2.24. The molecular weight excluding hydrogens is 402 g/mol. The largest absolute Gasteiger partial charge is 0.497 e. The minimum atomic E-state index is -0.172. The molecule has 1 aliphatic rings. The van der Waals surface area contributed by atoms with Crippen molar-refractivity contribution in [3.8, 4) is 34.5 Å². The Labute approximate surface area is 179 Å². The lowest BCUT2D eigenvalue weighted by atomic mass is 10.1. The lowest BCUT2D eigenvalue weighted by Gasteiger charge is -2.16. The maximum Gasteiger partial charge on any atom is 0.258 e. The quantitative estimate of drug-likeness (QED) is 0.569. The smallest absolute Gasteiger partial charge is 0.258 e. The number of carbonyl (C=O) groups is 1. The number of amides is 1. The molecule has 1 aliphatic heterocycles. The van der Waals surface area contributed by atoms with Crippen LogP contribution in [0.5, 0.6) is 23.0 Å². The van der Waals surface area contributed by atoms with Gasteiger partial charge in [0, 0.05) is 30.1 Å². The Balaban J connectivity index is 1.57. The zero-order valence-electron chi connectivity index (χ0n) is 17.7. The summed E-state index contributed by atoms with van der Waals surface area (Å²) >= 11 is 0. The van der Waals surface area contributed by atoms with Crippen LogP contribution in [0.15, 0.2) is 40.9 Å². The van der Waals surface area contributed by atoms with E-state index < -0.39 is 0 Å². The summed E-state index contributed by atoms with van der Waals surface area (Å²) < 4.78 is 26.8. The predicted octanol–water partition coefficient (Wildman–Crippen LogP) is 3.29. The molecule has 0 unspecified atom stereocenters. The molecule has 1 fully saturated rings. The number of rotatable bonds is 7. The molecule has 0 saturated carbocycles. The normalized spacial score (nSPS) is 15.8. The number of nitrogens with zero attached hydrogens (tertiary/aromatic N) is 3. The van der Waals surface area contributed by atoms with Crippen molar-refractivity contribution in [2.24, 2.45) is 0 Å². The Morgan fingerprint density at radius 3 is 2.23 bits per heavy atom. The fourth-order valence-corrected chi connectivity index (χ4v) is 3.61. The second kappa shape index (κ2) is 8.55. The number of anilines is 1. The molecule has 0 aliphatic carbocycles. The van der Waals surface area contributed by atoms with Gasteiger partial charge >= 0.3 is 0 Å². The van der Waals surface area contributed by atoms with Crippen LogP contribution >= 0.6 is 0 Å². The van der Waals surface area contributed by atoms with Crippen LogP contribution in [0.2, 0.25) is 0 Å². The van der Waals surface area contributed by atoms with E-state index in [1.54, 1.807) is 24.1 Å². The zero-order valence-corrected chi connectivity index (χ0v) is 17.7. The first kappa shape index (κ1) is 20.5. The first-order chi connectivity index (χ1) is 15.1. The third-order valence-corrected chi connectivity index (χ3v) is 5.23. The van der Waals surface area contributed by atoms with Crippen molar-refractivity contribution in [3.05, 3.63) is 42.2 Å². The van der Waals surface area contributed by atoms with Crippen LogP contribution in [-0.4, -0.2) is 51.0 Å². The molecule has 0 radical (unpaired) electrons. The van der Waals surface area contributed by atoms with E-state index in [4.69, 9.17) is 23.5 Å². The van der Waals surface area contributed by atoms with Gasteiger partial charge in [0.05, 0.1) is 28.4 Å². The number of carbonyl (C=O) groups excluding carboxylic acids is 1. The van der Waals surface area contributed by atoms with Crippen LogP contribution in [0, 0.1) is 0 Å². The molecule has 0 spiro atoms. The number of benzene rings is 2. The van der Waals surface area contributed by atoms with E-state index in [-0.39, 0.29) is 11.8 Å². The molecule has 1 saturated heterocycles. The van der Waals surface area contributed by atoms with Crippen LogP contribution in [0.1, 0.15) is 18.2 Å². The van der Waals surface area contributed by atoms with Gasteiger partial charge in [0.25, 0.3) is 5.89 Å². The SMILES string of the molecule is COc1ccc(N2C[C@@H](c3noc(-c4cc(OC)c(OC)c(OC)c4)n3)CC2=O)cc1. The maximum absolute atomic E-state index is 12.6. The lowest BCUT2D eigenvalue weighted by molar-refractivity contribution is -0.117. The molecule has 2 heterocycles. The van der Waals surface area contributed by atoms with E-state index in [2.05, 4.69) is 10.1 Å². The molecule has 9 nitrogen and oxygen atoms in total. The molecule has 1 atom stereocenters. The van der Waals surface area contributed by atoms with E-state index in [0.29, 0.717) is 47.5 Å². The second-order valence-corrected chi connectivity index (χ2v) is 6.98. The fraction of sp³-hybridized carbons (Fsp3) is 0.318. The zero-order chi connectivity index (χ0) is 22.0.